The van der Waals surface area contributed by atoms with Crippen LogP contribution in [-0.2, 0) is 11.2 Å². The molecule has 1 aliphatic heterocycles. The van der Waals surface area contributed by atoms with Gasteiger partial charge in [0, 0.05) is 0 Å². The first kappa shape index (κ1) is 13.6. The molecule has 0 saturated carbocycles. The maximum Gasteiger partial charge on any atom is 0.206 e. The van der Waals surface area contributed by atoms with Crippen LogP contribution in [0.15, 0.2) is 0 Å². The Morgan fingerprint density at radius 1 is 1.39 bits per heavy atom. The van der Waals surface area contributed by atoms with Crippen molar-refractivity contribution in [1.82, 2.24) is 10.2 Å². The summed E-state index contributed by atoms with van der Waals surface area (Å²) in [6.07, 6.45) is -2.05. The fraction of sp³-hybridized carbons (Fsp3) is 0.800. The quantitative estimate of drug-likeness (QED) is 0.558. The molecule has 1 aromatic heterocycles. The van der Waals surface area contributed by atoms with E-state index >= 15 is 0 Å². The number of aliphatic hydroxyl groups excluding tert-OH is 3. The Balaban J connectivity index is 1.97. The molecule has 18 heavy (non-hydrogen) atoms. The summed E-state index contributed by atoms with van der Waals surface area (Å²) in [7, 11) is 0. The molecule has 4 N–H and O–H groups in total. The maximum absolute atomic E-state index is 9.92. The third-order valence-corrected chi connectivity index (χ3v) is 3.89. The van der Waals surface area contributed by atoms with Crippen LogP contribution in [0.4, 0.5) is 5.13 Å². The van der Waals surface area contributed by atoms with Crippen LogP contribution in [0.5, 0.6) is 0 Å². The average Bonchev–Trinajstić information content (AvgIpc) is 2.83. The van der Waals surface area contributed by atoms with Crippen LogP contribution in [0.2, 0.25) is 0 Å². The molecule has 0 spiro atoms. The SMILES string of the molecule is CCc1nnc(N[C@H]2CO[C@H](CO)[C@H](O)[C@@H]2O)s1. The van der Waals surface area contributed by atoms with Gasteiger partial charge in [0.1, 0.15) is 23.3 Å². The van der Waals surface area contributed by atoms with Crippen LogP contribution in [0, 0.1) is 0 Å². The zero-order chi connectivity index (χ0) is 13.1. The Hall–Kier alpha value is -0.800. The van der Waals surface area contributed by atoms with E-state index in [4.69, 9.17) is 9.84 Å². The first-order chi connectivity index (χ1) is 8.65. The predicted molar refractivity (Wildman–Crippen MR) is 65.5 cm³/mol. The van der Waals surface area contributed by atoms with E-state index in [1.807, 2.05) is 6.92 Å². The van der Waals surface area contributed by atoms with Gasteiger partial charge in [-0.25, -0.2) is 0 Å². The topological polar surface area (TPSA) is 108 Å². The molecule has 4 atom stereocenters. The van der Waals surface area contributed by atoms with Crippen molar-refractivity contribution >= 4 is 16.5 Å². The summed E-state index contributed by atoms with van der Waals surface area (Å²) < 4.78 is 5.26. The molecule has 1 fully saturated rings. The van der Waals surface area contributed by atoms with Gasteiger partial charge in [-0.15, -0.1) is 10.2 Å². The third kappa shape index (κ3) is 2.78. The number of aliphatic hydroxyl groups is 3. The summed E-state index contributed by atoms with van der Waals surface area (Å²) in [6.45, 7) is 1.87. The van der Waals surface area contributed by atoms with Crippen molar-refractivity contribution in [2.24, 2.45) is 0 Å². The molecule has 0 aromatic carbocycles. The molecule has 2 heterocycles. The Kier molecular flexibility index (Phi) is 4.46. The second-order valence-corrected chi connectivity index (χ2v) is 5.20. The van der Waals surface area contributed by atoms with Crippen molar-refractivity contribution in [3.8, 4) is 0 Å². The van der Waals surface area contributed by atoms with Crippen molar-refractivity contribution in [2.75, 3.05) is 18.5 Å². The largest absolute Gasteiger partial charge is 0.394 e. The monoisotopic (exact) mass is 275 g/mol. The highest BCUT2D eigenvalue weighted by molar-refractivity contribution is 7.15. The fourth-order valence-corrected chi connectivity index (χ4v) is 2.52. The van der Waals surface area contributed by atoms with E-state index in [-0.39, 0.29) is 13.2 Å². The molecule has 102 valence electrons. The fourth-order valence-electron chi connectivity index (χ4n) is 1.78. The van der Waals surface area contributed by atoms with E-state index in [1.54, 1.807) is 0 Å². The predicted octanol–water partition coefficient (Wildman–Crippen LogP) is -1.01. The highest BCUT2D eigenvalue weighted by atomic mass is 32.1. The van der Waals surface area contributed by atoms with E-state index < -0.39 is 24.4 Å². The molecule has 1 aliphatic rings. The minimum Gasteiger partial charge on any atom is -0.394 e. The molecule has 1 saturated heterocycles. The summed E-state index contributed by atoms with van der Waals surface area (Å²) in [5.41, 5.74) is 0. The van der Waals surface area contributed by atoms with Crippen LogP contribution in [-0.4, -0.2) is 63.1 Å². The molecule has 0 amide bonds. The lowest BCUT2D eigenvalue weighted by molar-refractivity contribution is -0.152. The van der Waals surface area contributed by atoms with Gasteiger partial charge in [0.2, 0.25) is 5.13 Å². The number of hydrogen-bond acceptors (Lipinski definition) is 8. The van der Waals surface area contributed by atoms with Crippen molar-refractivity contribution < 1.29 is 20.1 Å². The maximum atomic E-state index is 9.92. The second-order valence-electron chi connectivity index (χ2n) is 4.14. The second kappa shape index (κ2) is 5.89. The van der Waals surface area contributed by atoms with Gasteiger partial charge in [-0.2, -0.15) is 0 Å². The van der Waals surface area contributed by atoms with Gasteiger partial charge in [-0.3, -0.25) is 0 Å². The van der Waals surface area contributed by atoms with Gasteiger partial charge in [0.25, 0.3) is 0 Å². The summed E-state index contributed by atoms with van der Waals surface area (Å²) >= 11 is 1.41. The molecular formula is C10H17N3O4S. The number of aromatic nitrogens is 2. The molecule has 1 aromatic rings. The van der Waals surface area contributed by atoms with Crippen molar-refractivity contribution in [2.45, 2.75) is 37.7 Å². The van der Waals surface area contributed by atoms with Gasteiger partial charge in [-0.1, -0.05) is 18.3 Å². The third-order valence-electron chi connectivity index (χ3n) is 2.89. The summed E-state index contributed by atoms with van der Waals surface area (Å²) in [5, 5.41) is 41.0. The van der Waals surface area contributed by atoms with Crippen LogP contribution in [0.3, 0.4) is 0 Å². The van der Waals surface area contributed by atoms with E-state index in [9.17, 15) is 10.2 Å². The zero-order valence-corrected chi connectivity index (χ0v) is 10.8. The minimum absolute atomic E-state index is 0.199. The highest BCUT2D eigenvalue weighted by Crippen LogP contribution is 2.21. The minimum atomic E-state index is -1.11. The average molecular weight is 275 g/mol. The Morgan fingerprint density at radius 2 is 2.17 bits per heavy atom. The van der Waals surface area contributed by atoms with E-state index in [1.165, 1.54) is 11.3 Å². The molecule has 0 unspecified atom stereocenters. The molecule has 2 rings (SSSR count). The van der Waals surface area contributed by atoms with E-state index in [0.717, 1.165) is 11.4 Å². The van der Waals surface area contributed by atoms with Gasteiger partial charge in [0.05, 0.1) is 19.3 Å². The van der Waals surface area contributed by atoms with Crippen LogP contribution in [0.25, 0.3) is 0 Å². The standard InChI is InChI=1S/C10H17N3O4S/c1-2-7-12-13-10(18-7)11-5-4-17-6(3-14)9(16)8(5)15/h5-6,8-9,14-16H,2-4H2,1H3,(H,11,13)/t5-,6+,8+,9-/m0/s1. The normalized spacial score (nSPS) is 32.4. The molecule has 0 radical (unpaired) electrons. The van der Waals surface area contributed by atoms with Crippen LogP contribution in [0.1, 0.15) is 11.9 Å². The van der Waals surface area contributed by atoms with E-state index in [0.29, 0.717) is 5.13 Å². The highest BCUT2D eigenvalue weighted by Gasteiger charge is 2.38. The van der Waals surface area contributed by atoms with E-state index in [2.05, 4.69) is 15.5 Å². The number of nitrogens with one attached hydrogen (secondary N) is 1. The smallest absolute Gasteiger partial charge is 0.206 e. The first-order valence-electron chi connectivity index (χ1n) is 5.83. The Morgan fingerprint density at radius 3 is 2.78 bits per heavy atom. The number of anilines is 1. The van der Waals surface area contributed by atoms with Gasteiger partial charge in [-0.05, 0) is 6.42 Å². The van der Waals surface area contributed by atoms with Gasteiger partial charge >= 0.3 is 0 Å². The lowest BCUT2D eigenvalue weighted by atomic mass is 9.99. The number of aryl methyl sites for hydroxylation is 1. The van der Waals surface area contributed by atoms with Gasteiger partial charge in [0.15, 0.2) is 0 Å². The lowest BCUT2D eigenvalue weighted by Crippen LogP contribution is -2.56. The molecule has 8 heteroatoms. The number of ether oxygens (including phenoxy) is 1. The van der Waals surface area contributed by atoms with Crippen molar-refractivity contribution in [3.05, 3.63) is 5.01 Å². The molecule has 7 nitrogen and oxygen atoms in total. The number of nitrogens with zero attached hydrogens (tertiary/aromatic N) is 2. The number of hydrogen-bond donors (Lipinski definition) is 4. The zero-order valence-electron chi connectivity index (χ0n) is 9.98. The number of rotatable bonds is 4. The molecule has 0 aliphatic carbocycles. The van der Waals surface area contributed by atoms with Gasteiger partial charge < -0.3 is 25.4 Å². The van der Waals surface area contributed by atoms with Crippen LogP contribution >= 0.6 is 11.3 Å². The Bertz CT molecular complexity index is 389. The lowest BCUT2D eigenvalue weighted by Gasteiger charge is -2.36. The first-order valence-corrected chi connectivity index (χ1v) is 6.64. The molecular weight excluding hydrogens is 258 g/mol. The summed E-state index contributed by atoms with van der Waals surface area (Å²) in [4.78, 5) is 0. The summed E-state index contributed by atoms with van der Waals surface area (Å²) in [6, 6.07) is -0.458. The Labute approximate surface area is 108 Å². The molecule has 0 bridgehead atoms. The van der Waals surface area contributed by atoms with Crippen molar-refractivity contribution in [1.29, 1.82) is 0 Å². The van der Waals surface area contributed by atoms with Crippen LogP contribution < -0.4 is 5.32 Å². The van der Waals surface area contributed by atoms with Crippen molar-refractivity contribution in [3.63, 3.8) is 0 Å². The summed E-state index contributed by atoms with van der Waals surface area (Å²) in [5.74, 6) is 0.